The van der Waals surface area contributed by atoms with E-state index >= 15 is 0 Å². The minimum absolute atomic E-state index is 0.0998. The average Bonchev–Trinajstić information content (AvgIpc) is 2.56. The zero-order valence-electron chi connectivity index (χ0n) is 10.5. The summed E-state index contributed by atoms with van der Waals surface area (Å²) in [7, 11) is 1.95. The number of aromatic nitrogens is 3. The fourth-order valence-corrected chi connectivity index (χ4v) is 2.30. The Balaban J connectivity index is 2.59. The molecule has 0 aliphatic rings. The van der Waals surface area contributed by atoms with E-state index in [9.17, 15) is 0 Å². The molecule has 0 saturated heterocycles. The van der Waals surface area contributed by atoms with Gasteiger partial charge in [-0.15, -0.1) is 0 Å². The first kappa shape index (κ1) is 11.1. The van der Waals surface area contributed by atoms with Crippen LogP contribution >= 0.6 is 0 Å². The van der Waals surface area contributed by atoms with Crippen LogP contribution in [-0.2, 0) is 12.5 Å². The first-order chi connectivity index (χ1) is 7.54. The predicted octanol–water partition coefficient (Wildman–Crippen LogP) is 3.05. The number of rotatable bonds is 3. The summed E-state index contributed by atoms with van der Waals surface area (Å²) >= 11 is 0. The number of pyridine rings is 1. The standard InChI is InChI=1S/C13H19N3/c1-5-7-13(2,3)12-11-10(6-8-14-12)9-16(4)15-11/h6,8-9H,5,7H2,1-4H3. The molecule has 0 aliphatic carbocycles. The topological polar surface area (TPSA) is 30.7 Å². The molecule has 3 nitrogen and oxygen atoms in total. The third-order valence-electron chi connectivity index (χ3n) is 3.06. The molecule has 0 radical (unpaired) electrons. The highest BCUT2D eigenvalue weighted by atomic mass is 15.2. The largest absolute Gasteiger partial charge is 0.275 e. The summed E-state index contributed by atoms with van der Waals surface area (Å²) < 4.78 is 1.86. The van der Waals surface area contributed by atoms with Crippen molar-refractivity contribution in [1.82, 2.24) is 14.8 Å². The second-order valence-corrected chi connectivity index (χ2v) is 5.03. The van der Waals surface area contributed by atoms with Crippen molar-refractivity contribution in [3.63, 3.8) is 0 Å². The molecule has 86 valence electrons. The fraction of sp³-hybridized carbons (Fsp3) is 0.538. The lowest BCUT2D eigenvalue weighted by atomic mass is 9.83. The maximum atomic E-state index is 4.53. The minimum Gasteiger partial charge on any atom is -0.275 e. The van der Waals surface area contributed by atoms with E-state index in [0.29, 0.717) is 0 Å². The summed E-state index contributed by atoms with van der Waals surface area (Å²) in [6, 6.07) is 2.02. The molecule has 3 heteroatoms. The molecule has 0 amide bonds. The van der Waals surface area contributed by atoms with E-state index in [-0.39, 0.29) is 5.41 Å². The van der Waals surface area contributed by atoms with Gasteiger partial charge in [-0.3, -0.25) is 9.67 Å². The Morgan fingerprint density at radius 3 is 2.81 bits per heavy atom. The summed E-state index contributed by atoms with van der Waals surface area (Å²) in [5.41, 5.74) is 2.26. The highest BCUT2D eigenvalue weighted by molar-refractivity contribution is 5.80. The second kappa shape index (κ2) is 3.89. The Morgan fingerprint density at radius 1 is 1.38 bits per heavy atom. The minimum atomic E-state index is 0.0998. The molecule has 0 N–H and O–H groups in total. The zero-order chi connectivity index (χ0) is 11.8. The number of hydrogen-bond donors (Lipinski definition) is 0. The lowest BCUT2D eigenvalue weighted by Crippen LogP contribution is -2.19. The summed E-state index contributed by atoms with van der Waals surface area (Å²) in [6.45, 7) is 6.69. The summed E-state index contributed by atoms with van der Waals surface area (Å²) in [5.74, 6) is 0. The highest BCUT2D eigenvalue weighted by Gasteiger charge is 2.24. The van der Waals surface area contributed by atoms with Crippen LogP contribution in [0.3, 0.4) is 0 Å². The molecule has 2 heterocycles. The van der Waals surface area contributed by atoms with Gasteiger partial charge in [0.15, 0.2) is 0 Å². The second-order valence-electron chi connectivity index (χ2n) is 5.03. The van der Waals surface area contributed by atoms with Crippen LogP contribution in [-0.4, -0.2) is 14.8 Å². The van der Waals surface area contributed by atoms with Gasteiger partial charge in [0.25, 0.3) is 0 Å². The van der Waals surface area contributed by atoms with E-state index in [2.05, 4.69) is 30.9 Å². The lowest BCUT2D eigenvalue weighted by molar-refractivity contribution is 0.463. The van der Waals surface area contributed by atoms with Crippen molar-refractivity contribution < 1.29 is 0 Å². The first-order valence-corrected chi connectivity index (χ1v) is 5.83. The van der Waals surface area contributed by atoms with E-state index in [0.717, 1.165) is 24.1 Å². The van der Waals surface area contributed by atoms with Crippen LogP contribution in [0.15, 0.2) is 18.5 Å². The summed E-state index contributed by atoms with van der Waals surface area (Å²) in [4.78, 5) is 4.53. The molecule has 0 aromatic carbocycles. The monoisotopic (exact) mass is 217 g/mol. The normalized spacial score (nSPS) is 12.2. The van der Waals surface area contributed by atoms with Gasteiger partial charge in [0.2, 0.25) is 0 Å². The van der Waals surface area contributed by atoms with Crippen LogP contribution in [0.5, 0.6) is 0 Å². The van der Waals surface area contributed by atoms with Gasteiger partial charge in [0.05, 0.1) is 5.69 Å². The van der Waals surface area contributed by atoms with Crippen LogP contribution in [0.2, 0.25) is 0 Å². The summed E-state index contributed by atoms with van der Waals surface area (Å²) in [6.07, 6.45) is 6.23. The zero-order valence-corrected chi connectivity index (χ0v) is 10.5. The highest BCUT2D eigenvalue weighted by Crippen LogP contribution is 2.31. The predicted molar refractivity (Wildman–Crippen MR) is 66.4 cm³/mol. The molecule has 0 fully saturated rings. The van der Waals surface area contributed by atoms with E-state index in [1.54, 1.807) is 0 Å². The van der Waals surface area contributed by atoms with Crippen molar-refractivity contribution in [2.24, 2.45) is 7.05 Å². The van der Waals surface area contributed by atoms with E-state index in [1.165, 1.54) is 5.39 Å². The van der Waals surface area contributed by atoms with Crippen molar-refractivity contribution in [1.29, 1.82) is 0 Å². The third kappa shape index (κ3) is 1.82. The van der Waals surface area contributed by atoms with Gasteiger partial charge in [-0.05, 0) is 12.5 Å². The van der Waals surface area contributed by atoms with Crippen molar-refractivity contribution in [2.45, 2.75) is 39.0 Å². The molecule has 0 bridgehead atoms. The average molecular weight is 217 g/mol. The molecule has 0 unspecified atom stereocenters. The van der Waals surface area contributed by atoms with Crippen LogP contribution in [0, 0.1) is 0 Å². The third-order valence-corrected chi connectivity index (χ3v) is 3.06. The molecular weight excluding hydrogens is 198 g/mol. The Labute approximate surface area is 96.5 Å². The van der Waals surface area contributed by atoms with E-state index in [4.69, 9.17) is 0 Å². The molecule has 0 aliphatic heterocycles. The van der Waals surface area contributed by atoms with Gasteiger partial charge >= 0.3 is 0 Å². The molecular formula is C13H19N3. The van der Waals surface area contributed by atoms with Crippen LogP contribution < -0.4 is 0 Å². The quantitative estimate of drug-likeness (QED) is 0.791. The number of fused-ring (bicyclic) bond motifs is 1. The Hall–Kier alpha value is -1.38. The fourth-order valence-electron chi connectivity index (χ4n) is 2.30. The molecule has 2 rings (SSSR count). The molecule has 16 heavy (non-hydrogen) atoms. The number of hydrogen-bond acceptors (Lipinski definition) is 2. The van der Waals surface area contributed by atoms with E-state index in [1.807, 2.05) is 30.2 Å². The smallest absolute Gasteiger partial charge is 0.114 e. The first-order valence-electron chi connectivity index (χ1n) is 5.83. The molecule has 0 spiro atoms. The Bertz CT molecular complexity index is 497. The maximum Gasteiger partial charge on any atom is 0.114 e. The van der Waals surface area contributed by atoms with Gasteiger partial charge in [-0.25, -0.2) is 0 Å². The lowest BCUT2D eigenvalue weighted by Gasteiger charge is -2.23. The van der Waals surface area contributed by atoms with Crippen LogP contribution in [0.1, 0.15) is 39.3 Å². The molecule has 2 aromatic heterocycles. The number of nitrogens with zero attached hydrogens (tertiary/aromatic N) is 3. The molecule has 0 saturated carbocycles. The van der Waals surface area contributed by atoms with Gasteiger partial charge < -0.3 is 0 Å². The summed E-state index contributed by atoms with van der Waals surface area (Å²) in [5, 5.41) is 5.69. The molecule has 2 aromatic rings. The number of aryl methyl sites for hydroxylation is 1. The Kier molecular flexibility index (Phi) is 2.70. The van der Waals surface area contributed by atoms with Gasteiger partial charge in [-0.1, -0.05) is 27.2 Å². The molecule has 0 atom stereocenters. The van der Waals surface area contributed by atoms with Gasteiger partial charge in [0.1, 0.15) is 5.52 Å². The SMILES string of the molecule is CCCC(C)(C)c1nccc2cn(C)nc12. The van der Waals surface area contributed by atoms with Crippen molar-refractivity contribution in [3.05, 3.63) is 24.2 Å². The van der Waals surface area contributed by atoms with E-state index < -0.39 is 0 Å². The maximum absolute atomic E-state index is 4.53. The van der Waals surface area contributed by atoms with Gasteiger partial charge in [0, 0.05) is 30.2 Å². The van der Waals surface area contributed by atoms with Crippen LogP contribution in [0.4, 0.5) is 0 Å². The van der Waals surface area contributed by atoms with Crippen molar-refractivity contribution >= 4 is 10.9 Å². The van der Waals surface area contributed by atoms with Gasteiger partial charge in [-0.2, -0.15) is 5.10 Å². The van der Waals surface area contributed by atoms with Crippen molar-refractivity contribution in [2.75, 3.05) is 0 Å². The van der Waals surface area contributed by atoms with Crippen LogP contribution in [0.25, 0.3) is 10.9 Å². The Morgan fingerprint density at radius 2 is 2.12 bits per heavy atom. The van der Waals surface area contributed by atoms with Crippen molar-refractivity contribution in [3.8, 4) is 0 Å².